The Hall–Kier alpha value is -2.24. The van der Waals surface area contributed by atoms with Crippen molar-refractivity contribution in [1.82, 2.24) is 28.8 Å². The zero-order valence-corrected chi connectivity index (χ0v) is 15.8. The highest BCUT2D eigenvalue weighted by atomic mass is 32.2. The van der Waals surface area contributed by atoms with E-state index in [1.165, 1.54) is 19.9 Å². The molecule has 3 heterocycles. The number of piperazine rings is 1. The van der Waals surface area contributed by atoms with E-state index in [9.17, 15) is 13.2 Å². The minimum atomic E-state index is -3.61. The summed E-state index contributed by atoms with van der Waals surface area (Å²) < 4.78 is 35.0. The fourth-order valence-electron chi connectivity index (χ4n) is 2.84. The predicted octanol–water partition coefficient (Wildman–Crippen LogP) is -0.324. The molecule has 11 heteroatoms. The fourth-order valence-corrected chi connectivity index (χ4v) is 4.45. The molecule has 0 aromatic carbocycles. The number of carbonyl (C=O) groups is 1. The molecule has 0 bridgehead atoms. The lowest BCUT2D eigenvalue weighted by Crippen LogP contribution is -2.50. The summed E-state index contributed by atoms with van der Waals surface area (Å²) in [6.07, 6.45) is 3.03. The van der Waals surface area contributed by atoms with Crippen molar-refractivity contribution in [3.63, 3.8) is 0 Å². The number of methoxy groups -OCH3 is 1. The molecule has 0 aliphatic carbocycles. The summed E-state index contributed by atoms with van der Waals surface area (Å²) >= 11 is 0. The van der Waals surface area contributed by atoms with E-state index in [1.807, 2.05) is 0 Å². The minimum Gasteiger partial charge on any atom is -0.362 e. The van der Waals surface area contributed by atoms with Crippen LogP contribution in [-0.4, -0.2) is 76.4 Å². The number of nitrogens with zero attached hydrogens (tertiary/aromatic N) is 6. The molecule has 1 fully saturated rings. The first kappa shape index (κ1) is 18.5. The van der Waals surface area contributed by atoms with Gasteiger partial charge in [-0.25, -0.2) is 13.1 Å². The molecule has 2 aromatic rings. The van der Waals surface area contributed by atoms with Gasteiger partial charge in [0, 0.05) is 46.5 Å². The summed E-state index contributed by atoms with van der Waals surface area (Å²) in [7, 11) is -0.363. The fraction of sp³-hybridized carbons (Fsp3) is 0.533. The van der Waals surface area contributed by atoms with E-state index in [0.29, 0.717) is 24.5 Å². The summed E-state index contributed by atoms with van der Waals surface area (Å²) in [5.74, 6) is -0.213. The van der Waals surface area contributed by atoms with Gasteiger partial charge in [0.1, 0.15) is 17.3 Å². The molecule has 1 aliphatic heterocycles. The normalized spacial score (nSPS) is 16.2. The smallest absolute Gasteiger partial charge is 0.274 e. The summed E-state index contributed by atoms with van der Waals surface area (Å²) in [6.45, 7) is 3.09. The number of rotatable bonds is 5. The van der Waals surface area contributed by atoms with Gasteiger partial charge in [0.15, 0.2) is 0 Å². The van der Waals surface area contributed by atoms with Crippen molar-refractivity contribution >= 4 is 15.9 Å². The van der Waals surface area contributed by atoms with Crippen molar-refractivity contribution in [2.45, 2.75) is 18.6 Å². The molecule has 0 saturated carbocycles. The second-order valence-electron chi connectivity index (χ2n) is 6.07. The number of amides is 1. The molecule has 142 valence electrons. The summed E-state index contributed by atoms with van der Waals surface area (Å²) in [6, 6.07) is 1.63. The second-order valence-corrected chi connectivity index (χ2v) is 7.98. The van der Waals surface area contributed by atoms with E-state index >= 15 is 0 Å². The molecule has 1 amide bonds. The maximum atomic E-state index is 12.8. The summed E-state index contributed by atoms with van der Waals surface area (Å²) in [5.41, 5.74) is 0.911. The molecular formula is C15H22N6O4S. The van der Waals surface area contributed by atoms with Gasteiger partial charge < -0.3 is 9.64 Å². The SMILES string of the molecule is COCn1ccc(C(=O)N2CCN(S(=O)(=O)c3cnn(C)c3C)CC2)n1. The van der Waals surface area contributed by atoms with Crippen molar-refractivity contribution in [3.8, 4) is 0 Å². The van der Waals surface area contributed by atoms with Crippen LogP contribution in [0.1, 0.15) is 16.2 Å². The molecule has 0 atom stereocenters. The Balaban J connectivity index is 1.66. The van der Waals surface area contributed by atoms with Crippen LogP contribution in [0.5, 0.6) is 0 Å². The largest absolute Gasteiger partial charge is 0.362 e. The van der Waals surface area contributed by atoms with Gasteiger partial charge in [-0.15, -0.1) is 0 Å². The molecule has 1 aliphatic rings. The maximum absolute atomic E-state index is 12.8. The number of hydrogen-bond donors (Lipinski definition) is 0. The third-order valence-corrected chi connectivity index (χ3v) is 6.46. The standard InChI is InChI=1S/C15H22N6O4S/c1-12-14(10-16-18(12)2)26(23,24)21-8-6-19(7-9-21)15(22)13-4-5-20(17-13)11-25-3/h4-5,10H,6-9,11H2,1-3H3. The van der Waals surface area contributed by atoms with Gasteiger partial charge in [-0.05, 0) is 13.0 Å². The van der Waals surface area contributed by atoms with Crippen LogP contribution in [-0.2, 0) is 28.5 Å². The van der Waals surface area contributed by atoms with Crippen LogP contribution in [0.25, 0.3) is 0 Å². The highest BCUT2D eigenvalue weighted by Gasteiger charge is 2.32. The molecule has 0 spiro atoms. The van der Waals surface area contributed by atoms with Crippen LogP contribution >= 0.6 is 0 Å². The number of sulfonamides is 1. The summed E-state index contributed by atoms with van der Waals surface area (Å²) in [4.78, 5) is 14.3. The van der Waals surface area contributed by atoms with Gasteiger partial charge in [-0.1, -0.05) is 0 Å². The Morgan fingerprint density at radius 2 is 1.96 bits per heavy atom. The second kappa shape index (κ2) is 7.17. The van der Waals surface area contributed by atoms with E-state index < -0.39 is 10.0 Å². The molecule has 10 nitrogen and oxygen atoms in total. The molecule has 0 N–H and O–H groups in total. The van der Waals surface area contributed by atoms with Crippen LogP contribution in [0, 0.1) is 6.92 Å². The Morgan fingerprint density at radius 3 is 2.54 bits per heavy atom. The van der Waals surface area contributed by atoms with Crippen LogP contribution in [0.2, 0.25) is 0 Å². The van der Waals surface area contributed by atoms with E-state index in [0.717, 1.165) is 0 Å². The van der Waals surface area contributed by atoms with Gasteiger partial charge in [0.25, 0.3) is 5.91 Å². The van der Waals surface area contributed by atoms with E-state index in [4.69, 9.17) is 4.74 Å². The van der Waals surface area contributed by atoms with E-state index in [2.05, 4.69) is 10.2 Å². The highest BCUT2D eigenvalue weighted by molar-refractivity contribution is 7.89. The third-order valence-electron chi connectivity index (χ3n) is 4.46. The molecule has 2 aromatic heterocycles. The first-order valence-corrected chi connectivity index (χ1v) is 9.59. The third kappa shape index (κ3) is 3.37. The first-order chi connectivity index (χ1) is 12.3. The van der Waals surface area contributed by atoms with Gasteiger partial charge in [-0.3, -0.25) is 9.48 Å². The van der Waals surface area contributed by atoms with Crippen LogP contribution in [0.4, 0.5) is 0 Å². The molecule has 0 radical (unpaired) electrons. The van der Waals surface area contributed by atoms with E-state index in [1.54, 1.807) is 38.2 Å². The van der Waals surface area contributed by atoms with Gasteiger partial charge in [0.2, 0.25) is 10.0 Å². The maximum Gasteiger partial charge on any atom is 0.274 e. The number of aromatic nitrogens is 4. The van der Waals surface area contributed by atoms with Gasteiger partial charge >= 0.3 is 0 Å². The van der Waals surface area contributed by atoms with Gasteiger partial charge in [0.05, 0.1) is 11.9 Å². The Bertz CT molecular complexity index is 895. The first-order valence-electron chi connectivity index (χ1n) is 8.15. The minimum absolute atomic E-state index is 0.207. The number of carbonyl (C=O) groups excluding carboxylic acids is 1. The topological polar surface area (TPSA) is 103 Å². The predicted molar refractivity (Wildman–Crippen MR) is 91.8 cm³/mol. The molecular weight excluding hydrogens is 360 g/mol. The Labute approximate surface area is 152 Å². The van der Waals surface area contributed by atoms with E-state index in [-0.39, 0.29) is 30.6 Å². The van der Waals surface area contributed by atoms with Crippen molar-refractivity contribution in [2.24, 2.45) is 7.05 Å². The lowest BCUT2D eigenvalue weighted by molar-refractivity contribution is 0.0687. The number of hydrogen-bond acceptors (Lipinski definition) is 6. The average Bonchev–Trinajstić information content (AvgIpc) is 3.22. The van der Waals surface area contributed by atoms with Crippen LogP contribution < -0.4 is 0 Å². The van der Waals surface area contributed by atoms with Crippen molar-refractivity contribution < 1.29 is 17.9 Å². The Morgan fingerprint density at radius 1 is 1.27 bits per heavy atom. The zero-order valence-electron chi connectivity index (χ0n) is 15.0. The molecule has 26 heavy (non-hydrogen) atoms. The average molecular weight is 382 g/mol. The monoisotopic (exact) mass is 382 g/mol. The summed E-state index contributed by atoms with van der Waals surface area (Å²) in [5, 5.41) is 8.17. The van der Waals surface area contributed by atoms with Crippen molar-refractivity contribution in [3.05, 3.63) is 29.8 Å². The molecule has 3 rings (SSSR count). The van der Waals surface area contributed by atoms with Crippen LogP contribution in [0.3, 0.4) is 0 Å². The number of ether oxygens (including phenoxy) is 1. The Kier molecular flexibility index (Phi) is 5.12. The van der Waals surface area contributed by atoms with Crippen molar-refractivity contribution in [1.29, 1.82) is 0 Å². The van der Waals surface area contributed by atoms with Crippen molar-refractivity contribution in [2.75, 3.05) is 33.3 Å². The lowest BCUT2D eigenvalue weighted by Gasteiger charge is -2.33. The lowest BCUT2D eigenvalue weighted by atomic mass is 10.3. The quantitative estimate of drug-likeness (QED) is 0.702. The molecule has 0 unspecified atom stereocenters. The van der Waals surface area contributed by atoms with Crippen LogP contribution in [0.15, 0.2) is 23.4 Å². The highest BCUT2D eigenvalue weighted by Crippen LogP contribution is 2.20. The number of aryl methyl sites for hydroxylation is 1. The molecule has 1 saturated heterocycles. The van der Waals surface area contributed by atoms with Gasteiger partial charge in [-0.2, -0.15) is 14.5 Å². The zero-order chi connectivity index (χ0) is 18.9.